The fourth-order valence-corrected chi connectivity index (χ4v) is 4.96. The highest BCUT2D eigenvalue weighted by atomic mass is 79.9. The molecular formula is C15H16Br2OS. The molecule has 1 unspecified atom stereocenters. The van der Waals surface area contributed by atoms with E-state index in [1.807, 2.05) is 18.2 Å². The summed E-state index contributed by atoms with van der Waals surface area (Å²) in [7, 11) is 0. The summed E-state index contributed by atoms with van der Waals surface area (Å²) in [6.45, 7) is 4.41. The molecule has 0 aliphatic rings. The van der Waals surface area contributed by atoms with E-state index in [2.05, 4.69) is 57.8 Å². The molecule has 2 rings (SSSR count). The fourth-order valence-electron chi connectivity index (χ4n) is 2.08. The third kappa shape index (κ3) is 3.91. The van der Waals surface area contributed by atoms with Gasteiger partial charge in [0, 0.05) is 5.56 Å². The minimum absolute atomic E-state index is 0.580. The predicted octanol–water partition coefficient (Wildman–Crippen LogP) is 5.55. The zero-order valence-corrected chi connectivity index (χ0v) is 14.8. The number of aliphatic hydroxyl groups is 1. The van der Waals surface area contributed by atoms with Gasteiger partial charge in [-0.1, -0.05) is 38.1 Å². The number of aliphatic hydroxyl groups excluding tert-OH is 1. The number of hydrogen-bond donors (Lipinski definition) is 1. The Morgan fingerprint density at radius 1 is 1.21 bits per heavy atom. The third-order valence-electron chi connectivity index (χ3n) is 2.89. The second-order valence-electron chi connectivity index (χ2n) is 5.03. The summed E-state index contributed by atoms with van der Waals surface area (Å²) in [4.78, 5) is 0. The molecule has 1 aromatic heterocycles. The molecule has 0 spiro atoms. The van der Waals surface area contributed by atoms with Gasteiger partial charge in [-0.05, 0) is 61.4 Å². The smallest absolute Gasteiger partial charge is 0.106 e. The summed E-state index contributed by atoms with van der Waals surface area (Å²) in [5.41, 5.74) is 3.14. The molecule has 1 nitrogen and oxygen atoms in total. The first-order chi connectivity index (χ1) is 8.97. The molecule has 2 aromatic rings. The van der Waals surface area contributed by atoms with Crippen LogP contribution in [0.3, 0.4) is 0 Å². The fraction of sp³-hybridized carbons (Fsp3) is 0.333. The molecule has 1 heterocycles. The molecule has 0 radical (unpaired) electrons. The van der Waals surface area contributed by atoms with Gasteiger partial charge in [0.25, 0.3) is 0 Å². The number of hydrogen-bond acceptors (Lipinski definition) is 2. The van der Waals surface area contributed by atoms with Gasteiger partial charge >= 0.3 is 0 Å². The van der Waals surface area contributed by atoms with Crippen LogP contribution < -0.4 is 0 Å². The summed E-state index contributed by atoms with van der Waals surface area (Å²) in [6.07, 6.45) is 0.457. The van der Waals surface area contributed by atoms with Crippen molar-refractivity contribution in [2.24, 2.45) is 5.92 Å². The second-order valence-corrected chi connectivity index (χ2v) is 8.77. The molecule has 1 N–H and O–H groups in total. The third-order valence-corrected chi connectivity index (χ3v) is 5.27. The van der Waals surface area contributed by atoms with Crippen LogP contribution in [0, 0.1) is 5.92 Å². The Labute approximate surface area is 134 Å². The van der Waals surface area contributed by atoms with Crippen LogP contribution in [0.5, 0.6) is 0 Å². The largest absolute Gasteiger partial charge is 0.384 e. The van der Waals surface area contributed by atoms with Crippen LogP contribution in [0.25, 0.3) is 0 Å². The lowest BCUT2D eigenvalue weighted by Crippen LogP contribution is -2.01. The van der Waals surface area contributed by atoms with Gasteiger partial charge in [-0.25, -0.2) is 0 Å². The van der Waals surface area contributed by atoms with Crippen molar-refractivity contribution in [3.05, 3.63) is 54.6 Å². The van der Waals surface area contributed by atoms with Gasteiger partial charge in [0.15, 0.2) is 0 Å². The van der Waals surface area contributed by atoms with E-state index in [9.17, 15) is 5.11 Å². The van der Waals surface area contributed by atoms with Crippen molar-refractivity contribution in [1.82, 2.24) is 0 Å². The van der Waals surface area contributed by atoms with Crippen molar-refractivity contribution >= 4 is 43.2 Å². The minimum Gasteiger partial charge on any atom is -0.384 e. The molecule has 0 aliphatic carbocycles. The summed E-state index contributed by atoms with van der Waals surface area (Å²) in [5.74, 6) is 0.620. The maximum Gasteiger partial charge on any atom is 0.106 e. The molecule has 0 fully saturated rings. The van der Waals surface area contributed by atoms with E-state index in [-0.39, 0.29) is 0 Å². The van der Waals surface area contributed by atoms with Gasteiger partial charge in [0.1, 0.15) is 6.10 Å². The average Bonchev–Trinajstić information content (AvgIpc) is 2.67. The van der Waals surface area contributed by atoms with Crippen molar-refractivity contribution in [1.29, 1.82) is 0 Å². The van der Waals surface area contributed by atoms with E-state index in [0.29, 0.717) is 5.92 Å². The summed E-state index contributed by atoms with van der Waals surface area (Å²) < 4.78 is 1.99. The van der Waals surface area contributed by atoms with Gasteiger partial charge in [0.05, 0.1) is 7.57 Å². The molecule has 102 valence electrons. The Morgan fingerprint density at radius 2 is 1.95 bits per heavy atom. The van der Waals surface area contributed by atoms with E-state index in [1.54, 1.807) is 11.3 Å². The number of rotatable bonds is 4. The normalized spacial score (nSPS) is 12.9. The van der Waals surface area contributed by atoms with Gasteiger partial charge in [-0.15, -0.1) is 11.3 Å². The molecule has 0 saturated heterocycles. The zero-order valence-electron chi connectivity index (χ0n) is 10.9. The van der Waals surface area contributed by atoms with Crippen molar-refractivity contribution in [3.63, 3.8) is 0 Å². The van der Waals surface area contributed by atoms with Gasteiger partial charge in [0.2, 0.25) is 0 Å². The van der Waals surface area contributed by atoms with E-state index in [4.69, 9.17) is 0 Å². The highest BCUT2D eigenvalue weighted by Gasteiger charge is 2.16. The second kappa shape index (κ2) is 6.53. The van der Waals surface area contributed by atoms with Crippen molar-refractivity contribution in [2.45, 2.75) is 26.4 Å². The monoisotopic (exact) mass is 402 g/mol. The standard InChI is InChI=1S/C15H16Br2OS/c1-9(2)6-10-4-3-5-11(7-10)14(18)12-8-13(16)19-15(12)17/h3-5,7-9,14,18H,6H2,1-2H3. The zero-order chi connectivity index (χ0) is 14.0. The van der Waals surface area contributed by atoms with E-state index in [1.165, 1.54) is 5.56 Å². The molecule has 1 aromatic carbocycles. The SMILES string of the molecule is CC(C)Cc1cccc(C(O)c2cc(Br)sc2Br)c1. The van der Waals surface area contributed by atoms with Crippen molar-refractivity contribution in [3.8, 4) is 0 Å². The van der Waals surface area contributed by atoms with E-state index < -0.39 is 6.10 Å². The maximum absolute atomic E-state index is 10.5. The van der Waals surface area contributed by atoms with E-state index in [0.717, 1.165) is 25.1 Å². The minimum atomic E-state index is -0.580. The predicted molar refractivity (Wildman–Crippen MR) is 88.8 cm³/mol. The van der Waals surface area contributed by atoms with Crippen LogP contribution in [0.1, 0.15) is 36.6 Å². The van der Waals surface area contributed by atoms with Crippen LogP contribution in [-0.2, 0) is 6.42 Å². The Bertz CT molecular complexity index is 563. The lowest BCUT2D eigenvalue weighted by Gasteiger charge is -2.13. The van der Waals surface area contributed by atoms with Crippen LogP contribution in [0.15, 0.2) is 37.9 Å². The first kappa shape index (κ1) is 15.2. The Morgan fingerprint density at radius 3 is 2.53 bits per heavy atom. The summed E-state index contributed by atoms with van der Waals surface area (Å²) >= 11 is 8.53. The van der Waals surface area contributed by atoms with Crippen molar-refractivity contribution in [2.75, 3.05) is 0 Å². The van der Waals surface area contributed by atoms with Crippen molar-refractivity contribution < 1.29 is 5.11 Å². The number of benzene rings is 1. The lowest BCUT2D eigenvalue weighted by atomic mass is 9.97. The highest BCUT2D eigenvalue weighted by molar-refractivity contribution is 9.12. The van der Waals surface area contributed by atoms with Crippen LogP contribution in [0.4, 0.5) is 0 Å². The molecular weight excluding hydrogens is 388 g/mol. The molecule has 4 heteroatoms. The topological polar surface area (TPSA) is 20.2 Å². The number of halogens is 2. The molecule has 0 aliphatic heterocycles. The Balaban J connectivity index is 2.28. The first-order valence-electron chi connectivity index (χ1n) is 6.19. The summed E-state index contributed by atoms with van der Waals surface area (Å²) in [5, 5.41) is 10.5. The van der Waals surface area contributed by atoms with Gasteiger partial charge in [-0.2, -0.15) is 0 Å². The molecule has 0 bridgehead atoms. The molecule has 0 amide bonds. The maximum atomic E-state index is 10.5. The van der Waals surface area contributed by atoms with Gasteiger partial charge in [-0.3, -0.25) is 0 Å². The van der Waals surface area contributed by atoms with Gasteiger partial charge < -0.3 is 5.11 Å². The quantitative estimate of drug-likeness (QED) is 0.708. The molecule has 0 saturated carbocycles. The molecule has 19 heavy (non-hydrogen) atoms. The average molecular weight is 404 g/mol. The first-order valence-corrected chi connectivity index (χ1v) is 8.59. The molecule has 1 atom stereocenters. The van der Waals surface area contributed by atoms with Crippen LogP contribution >= 0.6 is 43.2 Å². The number of thiophene rings is 1. The van der Waals surface area contributed by atoms with E-state index >= 15 is 0 Å². The lowest BCUT2D eigenvalue weighted by molar-refractivity contribution is 0.220. The Kier molecular flexibility index (Phi) is 5.23. The van der Waals surface area contributed by atoms with Crippen LogP contribution in [0.2, 0.25) is 0 Å². The Hall–Kier alpha value is -0.160. The highest BCUT2D eigenvalue weighted by Crippen LogP contribution is 2.37. The van der Waals surface area contributed by atoms with Crippen LogP contribution in [-0.4, -0.2) is 5.11 Å². The summed E-state index contributed by atoms with van der Waals surface area (Å²) in [6, 6.07) is 10.2.